The monoisotopic (exact) mass is 283 g/mol. The molecule has 1 aliphatic rings. The first kappa shape index (κ1) is 13.0. The van der Waals surface area contributed by atoms with Gasteiger partial charge in [0.05, 0.1) is 11.7 Å². The molecule has 0 radical (unpaired) electrons. The molecule has 1 atom stereocenters. The van der Waals surface area contributed by atoms with Crippen molar-refractivity contribution in [3.63, 3.8) is 0 Å². The standard InChI is InChI=1S/C12H12F3N5/c13-12(14,15)10-6-17-3-4-20(10)11-8-1-2-16-5-9(8)18-7-19-11/h1-2,5,7,10,17H,3-4,6H2. The molecule has 2 aromatic heterocycles. The highest BCUT2D eigenvalue weighted by Gasteiger charge is 2.45. The number of pyridine rings is 1. The van der Waals surface area contributed by atoms with Crippen LogP contribution in [0.25, 0.3) is 10.9 Å². The first-order valence-corrected chi connectivity index (χ1v) is 6.16. The molecule has 1 aliphatic heterocycles. The average molecular weight is 283 g/mol. The van der Waals surface area contributed by atoms with Crippen molar-refractivity contribution in [2.24, 2.45) is 0 Å². The van der Waals surface area contributed by atoms with Crippen molar-refractivity contribution in [3.05, 3.63) is 24.8 Å². The van der Waals surface area contributed by atoms with Crippen molar-refractivity contribution >= 4 is 16.7 Å². The molecular formula is C12H12F3N5. The Bertz CT molecular complexity index is 610. The zero-order chi connectivity index (χ0) is 14.2. The van der Waals surface area contributed by atoms with E-state index in [4.69, 9.17) is 0 Å². The molecule has 0 bridgehead atoms. The highest BCUT2D eigenvalue weighted by atomic mass is 19.4. The Hall–Kier alpha value is -1.96. The third-order valence-electron chi connectivity index (χ3n) is 3.31. The number of hydrogen-bond donors (Lipinski definition) is 1. The third kappa shape index (κ3) is 2.26. The zero-order valence-corrected chi connectivity index (χ0v) is 10.4. The summed E-state index contributed by atoms with van der Waals surface area (Å²) in [5.41, 5.74) is 0.539. The van der Waals surface area contributed by atoms with Gasteiger partial charge in [0.15, 0.2) is 0 Å². The second-order valence-corrected chi connectivity index (χ2v) is 4.55. The van der Waals surface area contributed by atoms with E-state index in [1.165, 1.54) is 23.6 Å². The minimum atomic E-state index is -4.31. The fraction of sp³-hybridized carbons (Fsp3) is 0.417. The van der Waals surface area contributed by atoms with Gasteiger partial charge in [-0.2, -0.15) is 13.2 Å². The molecule has 0 aliphatic carbocycles. The number of hydrogen-bond acceptors (Lipinski definition) is 5. The summed E-state index contributed by atoms with van der Waals surface area (Å²) >= 11 is 0. The Labute approximate surface area is 112 Å². The normalized spacial score (nSPS) is 20.4. The van der Waals surface area contributed by atoms with Crippen molar-refractivity contribution in [3.8, 4) is 0 Å². The number of fused-ring (bicyclic) bond motifs is 1. The highest BCUT2D eigenvalue weighted by Crippen LogP contribution is 2.31. The SMILES string of the molecule is FC(F)(F)C1CNCCN1c1ncnc2cnccc12. The van der Waals surface area contributed by atoms with Crippen LogP contribution in [0.5, 0.6) is 0 Å². The van der Waals surface area contributed by atoms with Crippen LogP contribution in [0.2, 0.25) is 0 Å². The lowest BCUT2D eigenvalue weighted by molar-refractivity contribution is -0.149. The van der Waals surface area contributed by atoms with Crippen LogP contribution in [0.3, 0.4) is 0 Å². The first-order chi connectivity index (χ1) is 9.57. The predicted octanol–water partition coefficient (Wildman–Crippen LogP) is 1.37. The number of anilines is 1. The van der Waals surface area contributed by atoms with Gasteiger partial charge in [-0.1, -0.05) is 0 Å². The summed E-state index contributed by atoms with van der Waals surface area (Å²) in [7, 11) is 0. The van der Waals surface area contributed by atoms with Crippen LogP contribution in [0, 0.1) is 0 Å². The minimum absolute atomic E-state index is 0.139. The Balaban J connectivity index is 2.08. The Kier molecular flexibility index (Phi) is 3.17. The van der Waals surface area contributed by atoms with Crippen LogP contribution in [0.1, 0.15) is 0 Å². The number of halogens is 3. The third-order valence-corrected chi connectivity index (χ3v) is 3.31. The molecule has 2 aromatic rings. The number of aromatic nitrogens is 3. The van der Waals surface area contributed by atoms with E-state index in [9.17, 15) is 13.2 Å². The summed E-state index contributed by atoms with van der Waals surface area (Å²) in [6.07, 6.45) is 0.0117. The molecule has 3 heterocycles. The fourth-order valence-electron chi connectivity index (χ4n) is 2.37. The van der Waals surface area contributed by atoms with Crippen LogP contribution in [0.15, 0.2) is 24.8 Å². The van der Waals surface area contributed by atoms with Crippen LogP contribution in [-0.2, 0) is 0 Å². The lowest BCUT2D eigenvalue weighted by Crippen LogP contribution is -2.58. The van der Waals surface area contributed by atoms with Crippen molar-refractivity contribution < 1.29 is 13.2 Å². The van der Waals surface area contributed by atoms with Crippen LogP contribution in [-0.4, -0.2) is 46.8 Å². The Morgan fingerprint density at radius 1 is 1.30 bits per heavy atom. The Morgan fingerprint density at radius 3 is 2.95 bits per heavy atom. The zero-order valence-electron chi connectivity index (χ0n) is 10.4. The van der Waals surface area contributed by atoms with Gasteiger partial charge >= 0.3 is 6.18 Å². The van der Waals surface area contributed by atoms with E-state index in [1.807, 2.05) is 0 Å². The number of nitrogens with one attached hydrogen (secondary N) is 1. The molecule has 0 amide bonds. The second-order valence-electron chi connectivity index (χ2n) is 4.55. The number of nitrogens with zero attached hydrogens (tertiary/aromatic N) is 4. The largest absolute Gasteiger partial charge is 0.410 e. The molecule has 8 heteroatoms. The fourth-order valence-corrected chi connectivity index (χ4v) is 2.37. The van der Waals surface area contributed by atoms with Gasteiger partial charge in [-0.3, -0.25) is 4.98 Å². The van der Waals surface area contributed by atoms with E-state index in [0.29, 0.717) is 23.3 Å². The first-order valence-electron chi connectivity index (χ1n) is 6.16. The average Bonchev–Trinajstić information content (AvgIpc) is 2.46. The van der Waals surface area contributed by atoms with Crippen molar-refractivity contribution in [1.82, 2.24) is 20.3 Å². The number of alkyl halides is 3. The van der Waals surface area contributed by atoms with E-state index >= 15 is 0 Å². The lowest BCUT2D eigenvalue weighted by Gasteiger charge is -2.38. The van der Waals surface area contributed by atoms with Gasteiger partial charge in [-0.05, 0) is 6.07 Å². The quantitative estimate of drug-likeness (QED) is 0.856. The molecule has 106 valence electrons. The molecule has 0 spiro atoms. The summed E-state index contributed by atoms with van der Waals surface area (Å²) in [5.74, 6) is 0.307. The van der Waals surface area contributed by atoms with E-state index < -0.39 is 12.2 Å². The maximum absolute atomic E-state index is 13.1. The molecular weight excluding hydrogens is 271 g/mol. The molecule has 3 rings (SSSR count). The van der Waals surface area contributed by atoms with Crippen LogP contribution < -0.4 is 10.2 Å². The molecule has 5 nitrogen and oxygen atoms in total. The van der Waals surface area contributed by atoms with Crippen molar-refractivity contribution in [2.45, 2.75) is 12.2 Å². The van der Waals surface area contributed by atoms with E-state index in [0.717, 1.165) is 0 Å². The molecule has 1 saturated heterocycles. The summed E-state index contributed by atoms with van der Waals surface area (Å²) in [6, 6.07) is 0.0580. The highest BCUT2D eigenvalue weighted by molar-refractivity contribution is 5.88. The van der Waals surface area contributed by atoms with Crippen molar-refractivity contribution in [1.29, 1.82) is 0 Å². The smallest absolute Gasteiger partial charge is 0.342 e. The number of rotatable bonds is 1. The number of piperazine rings is 1. The van der Waals surface area contributed by atoms with E-state index in [-0.39, 0.29) is 13.1 Å². The molecule has 1 N–H and O–H groups in total. The van der Waals surface area contributed by atoms with Crippen molar-refractivity contribution in [2.75, 3.05) is 24.5 Å². The van der Waals surface area contributed by atoms with E-state index in [1.54, 1.807) is 6.07 Å². The predicted molar refractivity (Wildman–Crippen MR) is 67.4 cm³/mol. The molecule has 0 aromatic carbocycles. The minimum Gasteiger partial charge on any atom is -0.342 e. The lowest BCUT2D eigenvalue weighted by atomic mass is 10.1. The van der Waals surface area contributed by atoms with Gasteiger partial charge in [0.1, 0.15) is 18.2 Å². The maximum atomic E-state index is 13.1. The van der Waals surface area contributed by atoms with Gasteiger partial charge in [0.25, 0.3) is 0 Å². The molecule has 1 fully saturated rings. The van der Waals surface area contributed by atoms with Gasteiger partial charge in [-0.25, -0.2) is 9.97 Å². The molecule has 1 unspecified atom stereocenters. The molecule has 20 heavy (non-hydrogen) atoms. The van der Waals surface area contributed by atoms with Gasteiger partial charge in [-0.15, -0.1) is 0 Å². The summed E-state index contributed by atoms with van der Waals surface area (Å²) in [4.78, 5) is 13.3. The second kappa shape index (κ2) is 4.86. The summed E-state index contributed by atoms with van der Waals surface area (Å²) in [6.45, 7) is 0.599. The topological polar surface area (TPSA) is 53.9 Å². The van der Waals surface area contributed by atoms with Gasteiger partial charge in [0.2, 0.25) is 0 Å². The van der Waals surface area contributed by atoms with Crippen LogP contribution >= 0.6 is 0 Å². The van der Waals surface area contributed by atoms with Crippen LogP contribution in [0.4, 0.5) is 19.0 Å². The summed E-state index contributed by atoms with van der Waals surface area (Å²) in [5, 5.41) is 3.35. The Morgan fingerprint density at radius 2 is 2.15 bits per heavy atom. The van der Waals surface area contributed by atoms with Gasteiger partial charge < -0.3 is 10.2 Å². The van der Waals surface area contributed by atoms with E-state index in [2.05, 4.69) is 20.3 Å². The molecule has 0 saturated carbocycles. The van der Waals surface area contributed by atoms with Gasteiger partial charge in [0, 0.05) is 31.2 Å². The summed E-state index contributed by atoms with van der Waals surface area (Å²) < 4.78 is 39.4. The maximum Gasteiger partial charge on any atom is 0.410 e.